The van der Waals surface area contributed by atoms with Crippen molar-refractivity contribution in [1.29, 1.82) is 0 Å². The maximum absolute atomic E-state index is 10.5. The number of aromatic nitrogens is 1. The SMILES string of the molecule is OC(Cn1ccc2c(OCc3ccccc3)cccc21)C1CCCCO1. The molecule has 0 radical (unpaired) electrons. The van der Waals surface area contributed by atoms with Gasteiger partial charge in [0.15, 0.2) is 0 Å². The second-order valence-corrected chi connectivity index (χ2v) is 6.90. The van der Waals surface area contributed by atoms with Crippen molar-refractivity contribution in [3.63, 3.8) is 0 Å². The average molecular weight is 351 g/mol. The van der Waals surface area contributed by atoms with E-state index in [9.17, 15) is 5.11 Å². The molecule has 2 heterocycles. The molecule has 4 nitrogen and oxygen atoms in total. The number of benzene rings is 2. The van der Waals surface area contributed by atoms with Gasteiger partial charge in [-0.05, 0) is 43.0 Å². The van der Waals surface area contributed by atoms with Gasteiger partial charge < -0.3 is 19.1 Å². The van der Waals surface area contributed by atoms with E-state index in [1.54, 1.807) is 0 Å². The highest BCUT2D eigenvalue weighted by Gasteiger charge is 2.23. The minimum absolute atomic E-state index is 0.0567. The minimum Gasteiger partial charge on any atom is -0.488 e. The highest BCUT2D eigenvalue weighted by atomic mass is 16.5. The Balaban J connectivity index is 1.49. The Morgan fingerprint density at radius 1 is 1.08 bits per heavy atom. The molecule has 0 amide bonds. The lowest BCUT2D eigenvalue weighted by Crippen LogP contribution is -2.35. The molecule has 1 N–H and O–H groups in total. The first-order valence-corrected chi connectivity index (χ1v) is 9.35. The van der Waals surface area contributed by atoms with Gasteiger partial charge in [-0.25, -0.2) is 0 Å². The van der Waals surface area contributed by atoms with Gasteiger partial charge in [-0.15, -0.1) is 0 Å². The normalized spacial score (nSPS) is 18.7. The first-order chi connectivity index (χ1) is 12.8. The van der Waals surface area contributed by atoms with Gasteiger partial charge in [0.05, 0.1) is 24.3 Å². The van der Waals surface area contributed by atoms with E-state index in [0.29, 0.717) is 13.2 Å². The third-order valence-corrected chi connectivity index (χ3v) is 5.04. The van der Waals surface area contributed by atoms with Crippen molar-refractivity contribution in [2.45, 2.75) is 44.6 Å². The van der Waals surface area contributed by atoms with Crippen LogP contribution in [0.2, 0.25) is 0 Å². The highest BCUT2D eigenvalue weighted by Crippen LogP contribution is 2.28. The second kappa shape index (κ2) is 7.94. The van der Waals surface area contributed by atoms with E-state index in [4.69, 9.17) is 9.47 Å². The van der Waals surface area contributed by atoms with Crippen molar-refractivity contribution in [3.8, 4) is 5.75 Å². The topological polar surface area (TPSA) is 43.6 Å². The zero-order valence-corrected chi connectivity index (χ0v) is 14.9. The molecule has 0 saturated carbocycles. The highest BCUT2D eigenvalue weighted by molar-refractivity contribution is 5.86. The van der Waals surface area contributed by atoms with Crippen LogP contribution in [0.1, 0.15) is 24.8 Å². The van der Waals surface area contributed by atoms with Crippen LogP contribution in [0.25, 0.3) is 10.9 Å². The van der Waals surface area contributed by atoms with Crippen molar-refractivity contribution in [3.05, 3.63) is 66.4 Å². The van der Waals surface area contributed by atoms with Gasteiger partial charge in [0.1, 0.15) is 12.4 Å². The third-order valence-electron chi connectivity index (χ3n) is 5.04. The number of nitrogens with zero attached hydrogens (tertiary/aromatic N) is 1. The lowest BCUT2D eigenvalue weighted by Gasteiger charge is -2.27. The summed E-state index contributed by atoms with van der Waals surface area (Å²) in [6.45, 7) is 1.84. The molecule has 0 aliphatic carbocycles. The Labute approximate surface area is 154 Å². The zero-order chi connectivity index (χ0) is 17.8. The molecule has 136 valence electrons. The summed E-state index contributed by atoms with van der Waals surface area (Å²) >= 11 is 0. The van der Waals surface area contributed by atoms with Crippen LogP contribution in [0.5, 0.6) is 5.75 Å². The maximum atomic E-state index is 10.5. The summed E-state index contributed by atoms with van der Waals surface area (Å²) in [7, 11) is 0. The number of ether oxygens (including phenoxy) is 2. The number of hydrogen-bond acceptors (Lipinski definition) is 3. The Hall–Kier alpha value is -2.30. The second-order valence-electron chi connectivity index (χ2n) is 6.90. The summed E-state index contributed by atoms with van der Waals surface area (Å²) in [5.74, 6) is 0.869. The van der Waals surface area contributed by atoms with Crippen LogP contribution >= 0.6 is 0 Å². The van der Waals surface area contributed by atoms with Crippen molar-refractivity contribution >= 4 is 10.9 Å². The molecule has 1 aliphatic rings. The minimum atomic E-state index is -0.486. The molecular weight excluding hydrogens is 326 g/mol. The van der Waals surface area contributed by atoms with Gasteiger partial charge in [-0.1, -0.05) is 36.4 Å². The van der Waals surface area contributed by atoms with Gasteiger partial charge in [0.25, 0.3) is 0 Å². The van der Waals surface area contributed by atoms with Gasteiger partial charge in [-0.3, -0.25) is 0 Å². The van der Waals surface area contributed by atoms with Gasteiger partial charge in [0.2, 0.25) is 0 Å². The maximum Gasteiger partial charge on any atom is 0.129 e. The van der Waals surface area contributed by atoms with Gasteiger partial charge >= 0.3 is 0 Å². The van der Waals surface area contributed by atoms with Crippen molar-refractivity contribution in [2.75, 3.05) is 6.61 Å². The van der Waals surface area contributed by atoms with Crippen molar-refractivity contribution in [1.82, 2.24) is 4.57 Å². The molecule has 1 saturated heterocycles. The third kappa shape index (κ3) is 3.76. The number of rotatable bonds is 6. The molecule has 1 aromatic heterocycles. The number of aliphatic hydroxyl groups excluding tert-OH is 1. The molecule has 3 aromatic rings. The molecule has 2 unspecified atom stereocenters. The molecule has 26 heavy (non-hydrogen) atoms. The largest absolute Gasteiger partial charge is 0.488 e. The predicted octanol–water partition coefficient (Wildman–Crippen LogP) is 4.15. The molecule has 2 aromatic carbocycles. The molecule has 0 spiro atoms. The van der Waals surface area contributed by atoms with Gasteiger partial charge in [-0.2, -0.15) is 0 Å². The van der Waals surface area contributed by atoms with Crippen LogP contribution in [-0.4, -0.2) is 28.5 Å². The summed E-state index contributed by atoms with van der Waals surface area (Å²) in [5.41, 5.74) is 2.22. The van der Waals surface area contributed by atoms with E-state index in [2.05, 4.69) is 28.8 Å². The Morgan fingerprint density at radius 2 is 1.96 bits per heavy atom. The van der Waals surface area contributed by atoms with Crippen LogP contribution in [-0.2, 0) is 17.9 Å². The molecule has 0 bridgehead atoms. The summed E-state index contributed by atoms with van der Waals surface area (Å²) in [4.78, 5) is 0. The predicted molar refractivity (Wildman–Crippen MR) is 102 cm³/mol. The molecule has 2 atom stereocenters. The van der Waals surface area contributed by atoms with Crippen LogP contribution in [0.15, 0.2) is 60.8 Å². The Bertz CT molecular complexity index is 837. The van der Waals surface area contributed by atoms with Crippen LogP contribution < -0.4 is 4.74 Å². The van der Waals surface area contributed by atoms with E-state index in [0.717, 1.165) is 48.1 Å². The van der Waals surface area contributed by atoms with Crippen molar-refractivity contribution in [2.24, 2.45) is 0 Å². The first-order valence-electron chi connectivity index (χ1n) is 9.35. The average Bonchev–Trinajstić information content (AvgIpc) is 3.11. The summed E-state index contributed by atoms with van der Waals surface area (Å²) in [6, 6.07) is 18.3. The summed E-state index contributed by atoms with van der Waals surface area (Å²) < 4.78 is 13.9. The van der Waals surface area contributed by atoms with E-state index in [-0.39, 0.29) is 6.10 Å². The summed E-state index contributed by atoms with van der Waals surface area (Å²) in [6.07, 6.45) is 4.64. The molecular formula is C22H25NO3. The van der Waals surface area contributed by atoms with Gasteiger partial charge in [0, 0.05) is 18.2 Å². The molecule has 4 rings (SSSR count). The van der Waals surface area contributed by atoms with E-state index in [1.165, 1.54) is 0 Å². The van der Waals surface area contributed by atoms with Crippen molar-refractivity contribution < 1.29 is 14.6 Å². The fourth-order valence-electron chi connectivity index (χ4n) is 3.60. The standard InChI is InChI=1S/C22H25NO3/c24-20(22-10-4-5-14-25-22)15-23-13-12-18-19(23)9-6-11-21(18)26-16-17-7-2-1-3-8-17/h1-3,6-9,11-13,20,22,24H,4-5,10,14-16H2. The van der Waals surface area contributed by atoms with E-state index in [1.807, 2.05) is 36.5 Å². The van der Waals surface area contributed by atoms with Crippen LogP contribution in [0, 0.1) is 0 Å². The fourth-order valence-corrected chi connectivity index (χ4v) is 3.60. The smallest absolute Gasteiger partial charge is 0.129 e. The van der Waals surface area contributed by atoms with Crippen LogP contribution in [0.3, 0.4) is 0 Å². The zero-order valence-electron chi connectivity index (χ0n) is 14.9. The summed E-state index contributed by atoms with van der Waals surface area (Å²) in [5, 5.41) is 11.6. The molecule has 1 fully saturated rings. The first kappa shape index (κ1) is 17.1. The lowest BCUT2D eigenvalue weighted by molar-refractivity contribution is -0.0666. The quantitative estimate of drug-likeness (QED) is 0.725. The van der Waals surface area contributed by atoms with E-state index < -0.39 is 6.10 Å². The Kier molecular flexibility index (Phi) is 5.23. The number of hydrogen-bond donors (Lipinski definition) is 1. The Morgan fingerprint density at radius 3 is 2.77 bits per heavy atom. The monoisotopic (exact) mass is 351 g/mol. The number of aliphatic hydroxyl groups is 1. The van der Waals surface area contributed by atoms with E-state index >= 15 is 0 Å². The molecule has 1 aliphatic heterocycles. The lowest BCUT2D eigenvalue weighted by atomic mass is 10.0. The number of fused-ring (bicyclic) bond motifs is 1. The fraction of sp³-hybridized carbons (Fsp3) is 0.364. The van der Waals surface area contributed by atoms with Crippen LogP contribution in [0.4, 0.5) is 0 Å². The molecule has 4 heteroatoms.